The Balaban J connectivity index is 5.57. The molecule has 12 nitrogen and oxygen atoms in total. The lowest BCUT2D eigenvalue weighted by atomic mass is 10.00. The predicted octanol–water partition coefficient (Wildman–Crippen LogP) is 3.09. The van der Waals surface area contributed by atoms with Gasteiger partial charge in [0.1, 0.15) is 11.2 Å². The molecule has 242 valence electrons. The Labute approximate surface area is 250 Å². The maximum atomic E-state index is 13.1. The first kappa shape index (κ1) is 38.8. The summed E-state index contributed by atoms with van der Waals surface area (Å²) in [6.45, 7) is 15.8. The number of hydrogen-bond donors (Lipinski definition) is 3. The molecule has 3 atom stereocenters. The molecule has 0 saturated carbocycles. The van der Waals surface area contributed by atoms with Crippen LogP contribution in [0.4, 0.5) is 0 Å². The van der Waals surface area contributed by atoms with Gasteiger partial charge in [0.05, 0.1) is 13.5 Å². The molecule has 0 spiro atoms. The minimum absolute atomic E-state index is 0.00315. The molecule has 42 heavy (non-hydrogen) atoms. The molecule has 0 aromatic rings. The van der Waals surface area contributed by atoms with Gasteiger partial charge in [-0.2, -0.15) is 0 Å². The second kappa shape index (κ2) is 18.4. The highest BCUT2D eigenvalue weighted by Gasteiger charge is 2.26. The standard InChI is InChI=1S/C30H53N3O9/c1-19(2)15-23(31-20(3)34)17-25(36)32-21(11-13-26(37)41-29(4,5)6)16-24(35)33-22(18-28(39)40-10)12-14-27(38)42-30(7,8)9/h19,21-23H,11-18H2,1-10H3,(H,31,34)(H,32,36)(H,33,35)/t21-,22-,23-/m1/s1. The van der Waals surface area contributed by atoms with E-state index in [0.29, 0.717) is 6.42 Å². The van der Waals surface area contributed by atoms with E-state index in [9.17, 15) is 28.8 Å². The first-order valence-electron chi connectivity index (χ1n) is 14.5. The van der Waals surface area contributed by atoms with Crippen LogP contribution in [0.2, 0.25) is 0 Å². The molecule has 0 unspecified atom stereocenters. The Kier molecular flexibility index (Phi) is 17.0. The topological polar surface area (TPSA) is 166 Å². The van der Waals surface area contributed by atoms with Gasteiger partial charge in [-0.15, -0.1) is 0 Å². The number of hydrogen-bond acceptors (Lipinski definition) is 9. The van der Waals surface area contributed by atoms with Gasteiger partial charge in [0.15, 0.2) is 0 Å². The fraction of sp³-hybridized carbons (Fsp3) is 0.800. The minimum atomic E-state index is -0.730. The zero-order valence-corrected chi connectivity index (χ0v) is 27.1. The lowest BCUT2D eigenvalue weighted by molar-refractivity contribution is -0.156. The van der Waals surface area contributed by atoms with Gasteiger partial charge in [0.2, 0.25) is 17.7 Å². The maximum absolute atomic E-state index is 13.1. The van der Waals surface area contributed by atoms with Crippen LogP contribution in [0, 0.1) is 5.92 Å². The normalized spacial score (nSPS) is 13.8. The number of amides is 3. The Morgan fingerprint density at radius 2 is 1.02 bits per heavy atom. The van der Waals surface area contributed by atoms with E-state index in [0.717, 1.165) is 0 Å². The van der Waals surface area contributed by atoms with E-state index >= 15 is 0 Å². The number of carbonyl (C=O) groups is 6. The SMILES string of the molecule is COC(=O)C[C@@H](CCC(=O)OC(C)(C)C)NC(=O)C[C@@H](CCC(=O)OC(C)(C)C)NC(=O)C[C@@H](CC(C)C)NC(C)=O. The number of nitrogens with one attached hydrogen (secondary N) is 3. The van der Waals surface area contributed by atoms with Crippen LogP contribution in [0.25, 0.3) is 0 Å². The second-order valence-corrected chi connectivity index (χ2v) is 13.0. The summed E-state index contributed by atoms with van der Waals surface area (Å²) in [5, 5.41) is 8.36. The third-order valence-corrected chi connectivity index (χ3v) is 5.63. The van der Waals surface area contributed by atoms with Gasteiger partial charge in [-0.1, -0.05) is 13.8 Å². The molecule has 0 bridgehead atoms. The summed E-state index contributed by atoms with van der Waals surface area (Å²) < 4.78 is 15.4. The number of carbonyl (C=O) groups excluding carboxylic acids is 6. The highest BCUT2D eigenvalue weighted by atomic mass is 16.6. The Bertz CT molecular complexity index is 920. The summed E-state index contributed by atoms with van der Waals surface area (Å²) in [6, 6.07) is -1.83. The molecule has 0 rings (SSSR count). The molecule has 0 aromatic heterocycles. The van der Waals surface area contributed by atoms with E-state index in [-0.39, 0.29) is 68.7 Å². The molecule has 0 aliphatic rings. The van der Waals surface area contributed by atoms with Crippen LogP contribution in [0.3, 0.4) is 0 Å². The van der Waals surface area contributed by atoms with Crippen molar-refractivity contribution in [3.05, 3.63) is 0 Å². The van der Waals surface area contributed by atoms with Crippen LogP contribution in [0.15, 0.2) is 0 Å². The zero-order chi connectivity index (χ0) is 32.7. The molecule has 0 aliphatic heterocycles. The van der Waals surface area contributed by atoms with Gasteiger partial charge in [-0.25, -0.2) is 0 Å². The van der Waals surface area contributed by atoms with E-state index in [1.807, 2.05) is 13.8 Å². The Hall–Kier alpha value is -3.18. The first-order chi connectivity index (χ1) is 19.2. The van der Waals surface area contributed by atoms with Crippen molar-refractivity contribution in [3.8, 4) is 0 Å². The molecule has 0 radical (unpaired) electrons. The van der Waals surface area contributed by atoms with Gasteiger partial charge < -0.3 is 30.2 Å². The van der Waals surface area contributed by atoms with Crippen molar-refractivity contribution in [1.82, 2.24) is 16.0 Å². The van der Waals surface area contributed by atoms with E-state index in [1.165, 1.54) is 14.0 Å². The quantitative estimate of drug-likeness (QED) is 0.168. The van der Waals surface area contributed by atoms with Crippen molar-refractivity contribution in [1.29, 1.82) is 0 Å². The summed E-state index contributed by atoms with van der Waals surface area (Å²) in [5.41, 5.74) is -1.36. The van der Waals surface area contributed by atoms with Gasteiger partial charge in [0, 0.05) is 50.7 Å². The number of methoxy groups -OCH3 is 1. The molecule has 0 heterocycles. The fourth-order valence-electron chi connectivity index (χ4n) is 4.17. The zero-order valence-electron chi connectivity index (χ0n) is 27.1. The average Bonchev–Trinajstić information content (AvgIpc) is 2.77. The molecule has 0 aliphatic carbocycles. The Morgan fingerprint density at radius 1 is 0.619 bits per heavy atom. The van der Waals surface area contributed by atoms with E-state index in [4.69, 9.17) is 14.2 Å². The fourth-order valence-corrected chi connectivity index (χ4v) is 4.17. The molecule has 0 aromatic carbocycles. The van der Waals surface area contributed by atoms with Crippen LogP contribution < -0.4 is 16.0 Å². The highest BCUT2D eigenvalue weighted by Crippen LogP contribution is 2.15. The molecule has 0 fully saturated rings. The van der Waals surface area contributed by atoms with Gasteiger partial charge in [-0.3, -0.25) is 28.8 Å². The lowest BCUT2D eigenvalue weighted by Crippen LogP contribution is -2.45. The second-order valence-electron chi connectivity index (χ2n) is 13.0. The predicted molar refractivity (Wildman–Crippen MR) is 157 cm³/mol. The first-order valence-corrected chi connectivity index (χ1v) is 14.5. The van der Waals surface area contributed by atoms with Crippen LogP contribution in [0.5, 0.6) is 0 Å². The summed E-state index contributed by atoms with van der Waals surface area (Å²) in [6.07, 6.45) is 0.438. The monoisotopic (exact) mass is 599 g/mol. The van der Waals surface area contributed by atoms with Gasteiger partial charge >= 0.3 is 17.9 Å². The Morgan fingerprint density at radius 3 is 1.38 bits per heavy atom. The largest absolute Gasteiger partial charge is 0.469 e. The highest BCUT2D eigenvalue weighted by molar-refractivity contribution is 5.82. The minimum Gasteiger partial charge on any atom is -0.469 e. The van der Waals surface area contributed by atoms with Crippen molar-refractivity contribution in [3.63, 3.8) is 0 Å². The lowest BCUT2D eigenvalue weighted by Gasteiger charge is -2.25. The van der Waals surface area contributed by atoms with Crippen LogP contribution >= 0.6 is 0 Å². The summed E-state index contributed by atoms with van der Waals surface area (Å²) >= 11 is 0. The van der Waals surface area contributed by atoms with Crippen LogP contribution in [-0.4, -0.2) is 72.1 Å². The molecular weight excluding hydrogens is 546 g/mol. The number of esters is 3. The smallest absolute Gasteiger partial charge is 0.307 e. The van der Waals surface area contributed by atoms with E-state index in [1.54, 1.807) is 41.5 Å². The van der Waals surface area contributed by atoms with Gasteiger partial charge in [-0.05, 0) is 66.7 Å². The summed E-state index contributed by atoms with van der Waals surface area (Å²) in [4.78, 5) is 74.2. The molecule has 0 saturated heterocycles. The molecular formula is C30H53N3O9. The third kappa shape index (κ3) is 21.6. The van der Waals surface area contributed by atoms with Crippen LogP contribution in [0.1, 0.15) is 114 Å². The van der Waals surface area contributed by atoms with Crippen molar-refractivity contribution >= 4 is 35.6 Å². The maximum Gasteiger partial charge on any atom is 0.307 e. The van der Waals surface area contributed by atoms with Crippen molar-refractivity contribution < 1.29 is 43.0 Å². The molecule has 12 heteroatoms. The van der Waals surface area contributed by atoms with Gasteiger partial charge in [0.25, 0.3) is 0 Å². The van der Waals surface area contributed by atoms with E-state index < -0.39 is 47.1 Å². The summed E-state index contributed by atoms with van der Waals surface area (Å²) in [7, 11) is 1.23. The third-order valence-electron chi connectivity index (χ3n) is 5.63. The van der Waals surface area contributed by atoms with E-state index in [2.05, 4.69) is 16.0 Å². The average molecular weight is 600 g/mol. The number of rotatable bonds is 17. The molecule has 3 amide bonds. The summed E-state index contributed by atoms with van der Waals surface area (Å²) in [5.74, 6) is -2.39. The number of ether oxygens (including phenoxy) is 3. The van der Waals surface area contributed by atoms with Crippen LogP contribution in [-0.2, 0) is 43.0 Å². The van der Waals surface area contributed by atoms with Crippen molar-refractivity contribution in [2.75, 3.05) is 7.11 Å². The molecule has 3 N–H and O–H groups in total. The van der Waals surface area contributed by atoms with Crippen molar-refractivity contribution in [2.24, 2.45) is 5.92 Å². The van der Waals surface area contributed by atoms with Crippen molar-refractivity contribution in [2.45, 2.75) is 143 Å².